The fraction of sp³-hybridized carbons (Fsp3) is 0.161. The largest absolute Gasteiger partial charge is 2.00 e. The smallest absolute Gasteiger partial charge is 0.573 e. The zero-order valence-corrected chi connectivity index (χ0v) is 66.7. The van der Waals surface area contributed by atoms with Crippen LogP contribution in [-0.2, 0) is 103 Å². The van der Waals surface area contributed by atoms with Crippen LogP contribution in [0, 0.1) is 54.3 Å². The van der Waals surface area contributed by atoms with E-state index in [4.69, 9.17) is 0 Å². The van der Waals surface area contributed by atoms with E-state index in [9.17, 15) is 43.9 Å². The molecule has 16 aromatic heterocycles. The quantitative estimate of drug-likeness (QED) is 0.140. The van der Waals surface area contributed by atoms with Crippen LogP contribution in [-0.4, -0.2) is 140 Å². The Balaban J connectivity index is 0.000000228. The molecule has 0 fully saturated rings. The Labute approximate surface area is 681 Å². The number of hydrogen-bond donors (Lipinski definition) is 0. The zero-order valence-electron chi connectivity index (χ0n) is 57.6. The fourth-order valence-electron chi connectivity index (χ4n) is 7.61. The molecule has 16 aromatic rings. The Morgan fingerprint density at radius 3 is 0.821 bits per heavy atom. The van der Waals surface area contributed by atoms with Crippen molar-refractivity contribution in [1.82, 2.24) is 181 Å². The minimum Gasteiger partial charge on any atom is -0.573 e. The van der Waals surface area contributed by atoms with Crippen molar-refractivity contribution in [3.8, 4) is 91.8 Å². The van der Waals surface area contributed by atoms with E-state index in [0.717, 1.165) is 51.4 Å². The molecule has 112 heavy (non-hydrogen) atoms. The average Bonchev–Trinajstić information content (AvgIpc) is 1.68. The third-order valence-corrected chi connectivity index (χ3v) is 12.9. The van der Waals surface area contributed by atoms with Gasteiger partial charge >= 0.3 is 103 Å². The number of hydrogen-bond acceptors (Lipinski definition) is 28. The van der Waals surface area contributed by atoms with E-state index >= 15 is 0 Å². The van der Waals surface area contributed by atoms with E-state index in [-0.39, 0.29) is 125 Å². The van der Waals surface area contributed by atoms with Gasteiger partial charge in [-0.25, -0.2) is 4.39 Å². The Bertz CT molecular complexity index is 4960. The van der Waals surface area contributed by atoms with Crippen LogP contribution in [0.4, 0.5) is 43.9 Å². The van der Waals surface area contributed by atoms with Crippen LogP contribution < -0.4 is 40.8 Å². The molecule has 0 amide bonds. The van der Waals surface area contributed by atoms with Crippen LogP contribution in [0.3, 0.4) is 0 Å². The Hall–Kier alpha value is -11.9. The van der Waals surface area contributed by atoms with Gasteiger partial charge < -0.3 is 81.0 Å². The van der Waals surface area contributed by atoms with Crippen molar-refractivity contribution < 1.29 is 128 Å². The summed E-state index contributed by atoms with van der Waals surface area (Å²) in [5.74, 6) is -0.00447. The summed E-state index contributed by atoms with van der Waals surface area (Å²) in [6.07, 6.45) is 19.4. The van der Waals surface area contributed by atoms with E-state index in [1.54, 1.807) is 95.1 Å². The first-order valence-corrected chi connectivity index (χ1v) is 30.2. The Morgan fingerprint density at radius 2 is 0.571 bits per heavy atom. The van der Waals surface area contributed by atoms with Crippen molar-refractivity contribution in [3.63, 3.8) is 0 Å². The van der Waals surface area contributed by atoms with Crippen molar-refractivity contribution in [2.75, 3.05) is 0 Å². The molecule has 0 aliphatic carbocycles. The van der Waals surface area contributed by atoms with Gasteiger partial charge in [0.1, 0.15) is 23.2 Å². The van der Waals surface area contributed by atoms with Gasteiger partial charge in [0, 0.05) is 122 Å². The molecular formula is C62H46F10N36Pt4. The summed E-state index contributed by atoms with van der Waals surface area (Å²) < 4.78 is 122. The SMILES string of the molecule is Cc1n[n-]c(-c2cc(F)ccn2)n1.Cc1n[n-]c(-c2cnccn2)c1C.Cc1n[n-]c(-c2cnccn2)c1C.Cc1n[n-]c(-c2cnccn2)n1.Cc1n[n-]c(-c2cnccn2)n1.FC(F)(F)c1cc(-c2cnccn2)[n-]n1.FC(F)(F)c1n[n-]c(-c2cnccn2)n1.FC(F)(F)c1n[n-]c(-c2cnccn2)n1.[Pt+2].[Pt+2].[Pt+2].[Pt+2]. The number of aromatic nitrogens is 36. The monoisotopic (exact) mass is 2260 g/mol. The zero-order chi connectivity index (χ0) is 77.2. The number of aryl methyl sites for hydroxylation is 5. The van der Waals surface area contributed by atoms with Gasteiger partial charge in [0.05, 0.1) is 88.9 Å². The molecule has 36 nitrogen and oxygen atoms in total. The predicted molar refractivity (Wildman–Crippen MR) is 348 cm³/mol. The number of pyridine rings is 1. The molecule has 16 heterocycles. The maximum atomic E-state index is 12.7. The molecule has 0 aliphatic heterocycles. The van der Waals surface area contributed by atoms with Crippen molar-refractivity contribution in [1.29, 1.82) is 0 Å². The molecule has 0 spiro atoms. The Kier molecular flexibility index (Phi) is 35.2. The second kappa shape index (κ2) is 43.5. The first-order chi connectivity index (χ1) is 51.8. The van der Waals surface area contributed by atoms with Crippen LogP contribution in [0.15, 0.2) is 155 Å². The predicted octanol–water partition coefficient (Wildman–Crippen LogP) is 6.89. The van der Waals surface area contributed by atoms with Gasteiger partial charge in [-0.15, -0.1) is 0 Å². The van der Waals surface area contributed by atoms with E-state index in [0.29, 0.717) is 52.0 Å². The molecule has 0 aromatic carbocycles. The van der Waals surface area contributed by atoms with Gasteiger partial charge in [-0.2, -0.15) is 39.5 Å². The summed E-state index contributed by atoms with van der Waals surface area (Å²) in [5.41, 5.74) is 8.55. The second-order valence-electron chi connectivity index (χ2n) is 20.6. The molecule has 16 rings (SSSR count). The van der Waals surface area contributed by atoms with Gasteiger partial charge in [-0.3, -0.25) is 100 Å². The fourth-order valence-corrected chi connectivity index (χ4v) is 7.61. The Morgan fingerprint density at radius 1 is 0.277 bits per heavy atom. The van der Waals surface area contributed by atoms with Crippen LogP contribution >= 0.6 is 0 Å². The molecule has 0 saturated heterocycles. The summed E-state index contributed by atoms with van der Waals surface area (Å²) in [6, 6.07) is 3.38. The first-order valence-electron chi connectivity index (χ1n) is 30.2. The summed E-state index contributed by atoms with van der Waals surface area (Å²) in [7, 11) is 0. The number of halogens is 10. The summed E-state index contributed by atoms with van der Waals surface area (Å²) in [6.45, 7) is 13.1. The van der Waals surface area contributed by atoms with E-state index < -0.39 is 35.9 Å². The van der Waals surface area contributed by atoms with E-state index in [1.807, 2.05) is 27.7 Å². The average molecular weight is 2270 g/mol. The first kappa shape index (κ1) is 90.7. The molecule has 0 aliphatic rings. The van der Waals surface area contributed by atoms with Gasteiger partial charge in [-0.05, 0) is 107 Å². The van der Waals surface area contributed by atoms with E-state index in [1.165, 1.54) is 74.1 Å². The minimum atomic E-state index is -4.59. The summed E-state index contributed by atoms with van der Waals surface area (Å²) in [5, 5.41) is 57.4. The van der Waals surface area contributed by atoms with Crippen molar-refractivity contribution >= 4 is 0 Å². The molecule has 0 atom stereocenters. The van der Waals surface area contributed by atoms with Crippen LogP contribution in [0.1, 0.15) is 57.3 Å². The van der Waals surface area contributed by atoms with Gasteiger partial charge in [0.2, 0.25) is 0 Å². The van der Waals surface area contributed by atoms with Gasteiger partial charge in [0.25, 0.3) is 0 Å². The molecule has 0 N–H and O–H groups in total. The van der Waals surface area contributed by atoms with Crippen LogP contribution in [0.2, 0.25) is 0 Å². The van der Waals surface area contributed by atoms with Crippen molar-refractivity contribution in [2.24, 2.45) is 0 Å². The van der Waals surface area contributed by atoms with Crippen LogP contribution in [0.5, 0.6) is 0 Å². The molecule has 50 heteroatoms. The second-order valence-corrected chi connectivity index (χ2v) is 20.6. The summed E-state index contributed by atoms with van der Waals surface area (Å²) in [4.78, 5) is 76.9. The number of alkyl halides is 9. The number of nitrogens with zero attached hydrogens (tertiary/aromatic N) is 36. The standard InChI is InChI=1S/2C9H9N4.C8H4F3N4.C8H6FN4.2C7H3F3N5.2C7H6N5.4Pt/c2*1-6-7(2)12-13-9(6)8-5-10-3-4-11-8;9-8(10,11)7-3-5(14-15-7)6-4-12-1-2-13-6;1-5-11-8(13-12-5)7-4-6(9)2-3-10-7;2*8-7(9,10)6-13-5(14-15-6)4-3-11-1-2-12-4;2*1-5-10-7(12-11-5)6-4-8-2-3-9-6;;;;/h2*3-5H,1-2H3;1-4H;2-4H,1H3;2*1-3H;2*2-4H,1H3;;;;/q8*-1;4*+2. The normalized spacial score (nSPS) is 10.4. The molecule has 0 bridgehead atoms. The summed E-state index contributed by atoms with van der Waals surface area (Å²) >= 11 is 0. The molecular weight excluding hydrogens is 2220 g/mol. The maximum Gasteiger partial charge on any atom is 2.00 e. The van der Waals surface area contributed by atoms with Gasteiger partial charge in [-0.1, -0.05) is 17.1 Å². The maximum absolute atomic E-state index is 12.7. The molecule has 0 unspecified atom stereocenters. The topological polar surface area (TPSA) is 474 Å². The molecule has 0 radical (unpaired) electrons. The molecule has 584 valence electrons. The van der Waals surface area contributed by atoms with Crippen molar-refractivity contribution in [2.45, 2.75) is 67.0 Å². The third-order valence-electron chi connectivity index (χ3n) is 12.9. The van der Waals surface area contributed by atoms with Crippen molar-refractivity contribution in [3.05, 3.63) is 218 Å². The number of rotatable bonds is 8. The minimum absolute atomic E-state index is 0. The van der Waals surface area contributed by atoms with E-state index in [2.05, 4.69) is 181 Å². The van der Waals surface area contributed by atoms with Crippen LogP contribution in [0.25, 0.3) is 91.8 Å². The van der Waals surface area contributed by atoms with Gasteiger partial charge in [0.15, 0.2) is 0 Å². The molecule has 0 saturated carbocycles. The third kappa shape index (κ3) is 27.3.